The first-order chi connectivity index (χ1) is 13.5. The zero-order valence-electron chi connectivity index (χ0n) is 15.9. The van der Waals surface area contributed by atoms with E-state index >= 15 is 0 Å². The van der Waals surface area contributed by atoms with Crippen molar-refractivity contribution < 1.29 is 9.59 Å². The first kappa shape index (κ1) is 18.5. The monoisotopic (exact) mass is 384 g/mol. The van der Waals surface area contributed by atoms with Gasteiger partial charge in [-0.15, -0.1) is 0 Å². The van der Waals surface area contributed by atoms with Crippen LogP contribution in [0, 0.1) is 12.8 Å². The lowest BCUT2D eigenvalue weighted by atomic mass is 10.1. The van der Waals surface area contributed by atoms with Gasteiger partial charge in [0, 0.05) is 32.1 Å². The predicted molar refractivity (Wildman–Crippen MR) is 104 cm³/mol. The third-order valence-electron chi connectivity index (χ3n) is 5.89. The van der Waals surface area contributed by atoms with E-state index in [1.807, 2.05) is 0 Å². The Labute approximate surface area is 161 Å². The predicted octanol–water partition coefficient (Wildman–Crippen LogP) is 1.30. The van der Waals surface area contributed by atoms with Gasteiger partial charge >= 0.3 is 11.7 Å². The molecule has 1 saturated carbocycles. The van der Waals surface area contributed by atoms with Gasteiger partial charge in [-0.25, -0.2) is 9.59 Å². The van der Waals surface area contributed by atoms with Gasteiger partial charge in [0.15, 0.2) is 0 Å². The van der Waals surface area contributed by atoms with E-state index in [0.717, 1.165) is 25.7 Å². The van der Waals surface area contributed by atoms with Crippen LogP contribution in [0.5, 0.6) is 0 Å². The minimum absolute atomic E-state index is 0.108. The standard InChI is InChI=1S/C20H24N4O4/c1-13-5-4-8-15-16(13)18(26)24(19(27)21-15)20(28)23-11-9-22(10-12-23)17(25)14-6-2-3-7-14/h4-5,8,14H,2-3,6-7,9-12H2,1H3,(H,21,27). The van der Waals surface area contributed by atoms with Crippen molar-refractivity contribution >= 4 is 22.8 Å². The molecule has 1 aromatic carbocycles. The smallest absolute Gasteiger partial charge is 0.337 e. The lowest BCUT2D eigenvalue weighted by Gasteiger charge is -2.35. The number of aryl methyl sites for hydroxylation is 1. The summed E-state index contributed by atoms with van der Waals surface area (Å²) in [6.45, 7) is 3.26. The number of H-pyrrole nitrogens is 1. The molecule has 28 heavy (non-hydrogen) atoms. The minimum atomic E-state index is -0.738. The number of hydrogen-bond donors (Lipinski definition) is 1. The molecule has 148 valence electrons. The van der Waals surface area contributed by atoms with E-state index < -0.39 is 17.3 Å². The molecule has 1 aliphatic heterocycles. The number of hydrogen-bond acceptors (Lipinski definition) is 4. The SMILES string of the molecule is Cc1cccc2[nH]c(=O)n(C(=O)N3CCN(C(=O)C4CCCC4)CC3)c(=O)c12. The number of rotatable bonds is 1. The molecule has 0 bridgehead atoms. The maximum absolute atomic E-state index is 12.9. The highest BCUT2D eigenvalue weighted by atomic mass is 16.2. The van der Waals surface area contributed by atoms with E-state index in [4.69, 9.17) is 0 Å². The van der Waals surface area contributed by atoms with Crippen molar-refractivity contribution in [2.24, 2.45) is 5.92 Å². The molecule has 8 heteroatoms. The normalized spacial score (nSPS) is 18.0. The van der Waals surface area contributed by atoms with Crippen LogP contribution in [-0.2, 0) is 4.79 Å². The van der Waals surface area contributed by atoms with Gasteiger partial charge in [-0.3, -0.25) is 9.59 Å². The van der Waals surface area contributed by atoms with Crippen molar-refractivity contribution in [2.45, 2.75) is 32.6 Å². The second-order valence-corrected chi connectivity index (χ2v) is 7.64. The van der Waals surface area contributed by atoms with Gasteiger partial charge in [0.05, 0.1) is 10.9 Å². The molecule has 0 radical (unpaired) electrons. The Balaban J connectivity index is 1.55. The third-order valence-corrected chi connectivity index (χ3v) is 5.89. The van der Waals surface area contributed by atoms with Gasteiger partial charge in [0.2, 0.25) is 5.91 Å². The molecule has 0 unspecified atom stereocenters. The Kier molecular flexibility index (Phi) is 4.78. The quantitative estimate of drug-likeness (QED) is 0.802. The van der Waals surface area contributed by atoms with Crippen molar-refractivity contribution in [1.82, 2.24) is 19.4 Å². The average molecular weight is 384 g/mol. The number of carbonyl (C=O) groups excluding carboxylic acids is 2. The first-order valence-corrected chi connectivity index (χ1v) is 9.80. The molecule has 2 heterocycles. The summed E-state index contributed by atoms with van der Waals surface area (Å²) in [4.78, 5) is 56.6. The van der Waals surface area contributed by atoms with E-state index in [-0.39, 0.29) is 11.8 Å². The molecule has 1 aromatic heterocycles. The van der Waals surface area contributed by atoms with Crippen LogP contribution in [0.2, 0.25) is 0 Å². The van der Waals surface area contributed by atoms with Crippen molar-refractivity contribution in [1.29, 1.82) is 0 Å². The van der Waals surface area contributed by atoms with Gasteiger partial charge in [0.1, 0.15) is 0 Å². The van der Waals surface area contributed by atoms with E-state index in [1.165, 1.54) is 4.90 Å². The van der Waals surface area contributed by atoms with Crippen LogP contribution < -0.4 is 11.2 Å². The van der Waals surface area contributed by atoms with Gasteiger partial charge in [0.25, 0.3) is 5.56 Å². The van der Waals surface area contributed by atoms with E-state index in [0.29, 0.717) is 47.2 Å². The number of aromatic amines is 1. The van der Waals surface area contributed by atoms with Crippen molar-refractivity contribution in [2.75, 3.05) is 26.2 Å². The summed E-state index contributed by atoms with van der Waals surface area (Å²) in [7, 11) is 0. The summed E-state index contributed by atoms with van der Waals surface area (Å²) in [5.41, 5.74) is -0.220. The van der Waals surface area contributed by atoms with Crippen molar-refractivity contribution in [3.05, 3.63) is 44.6 Å². The van der Waals surface area contributed by atoms with Crippen LogP contribution in [0.25, 0.3) is 10.9 Å². The van der Waals surface area contributed by atoms with Gasteiger partial charge in [-0.05, 0) is 31.4 Å². The number of amides is 2. The van der Waals surface area contributed by atoms with E-state index in [2.05, 4.69) is 4.98 Å². The summed E-state index contributed by atoms with van der Waals surface area (Å²) in [6, 6.07) is 4.53. The van der Waals surface area contributed by atoms with Gasteiger partial charge in [-0.1, -0.05) is 25.0 Å². The maximum atomic E-state index is 12.9. The minimum Gasteiger partial charge on any atom is -0.339 e. The number of aromatic nitrogens is 2. The Morgan fingerprint density at radius 2 is 1.64 bits per heavy atom. The fraction of sp³-hybridized carbons (Fsp3) is 0.500. The number of carbonyl (C=O) groups is 2. The summed E-state index contributed by atoms with van der Waals surface area (Å²) >= 11 is 0. The summed E-state index contributed by atoms with van der Waals surface area (Å²) in [5.74, 6) is 0.275. The largest absolute Gasteiger partial charge is 0.339 e. The molecule has 1 aliphatic carbocycles. The highest BCUT2D eigenvalue weighted by Crippen LogP contribution is 2.27. The second kappa shape index (κ2) is 7.26. The lowest BCUT2D eigenvalue weighted by molar-refractivity contribution is -0.136. The van der Waals surface area contributed by atoms with Crippen LogP contribution in [0.1, 0.15) is 31.2 Å². The molecule has 2 fully saturated rings. The van der Waals surface area contributed by atoms with Gasteiger partial charge < -0.3 is 14.8 Å². The Bertz CT molecular complexity index is 1040. The van der Waals surface area contributed by atoms with Crippen molar-refractivity contribution in [3.8, 4) is 0 Å². The Hall–Kier alpha value is -2.90. The zero-order chi connectivity index (χ0) is 19.8. The summed E-state index contributed by atoms with van der Waals surface area (Å²) < 4.78 is 0.670. The molecule has 8 nitrogen and oxygen atoms in total. The molecule has 2 aliphatic rings. The highest BCUT2D eigenvalue weighted by molar-refractivity contribution is 5.85. The number of piperazine rings is 1. The Morgan fingerprint density at radius 1 is 1.00 bits per heavy atom. The van der Waals surface area contributed by atoms with Crippen molar-refractivity contribution in [3.63, 3.8) is 0 Å². The van der Waals surface area contributed by atoms with Crippen LogP contribution in [0.3, 0.4) is 0 Å². The fourth-order valence-corrected chi connectivity index (χ4v) is 4.30. The third kappa shape index (κ3) is 3.12. The van der Waals surface area contributed by atoms with E-state index in [1.54, 1.807) is 30.0 Å². The second-order valence-electron chi connectivity index (χ2n) is 7.64. The zero-order valence-corrected chi connectivity index (χ0v) is 15.9. The average Bonchev–Trinajstić information content (AvgIpc) is 3.22. The molecule has 4 rings (SSSR count). The highest BCUT2D eigenvalue weighted by Gasteiger charge is 2.31. The van der Waals surface area contributed by atoms with Crippen LogP contribution in [-0.4, -0.2) is 57.5 Å². The van der Waals surface area contributed by atoms with E-state index in [9.17, 15) is 19.2 Å². The molecular formula is C20H24N4O4. The van der Waals surface area contributed by atoms with Crippen LogP contribution in [0.4, 0.5) is 4.79 Å². The molecule has 2 amide bonds. The van der Waals surface area contributed by atoms with Crippen LogP contribution >= 0.6 is 0 Å². The maximum Gasteiger partial charge on any atom is 0.337 e. The fourth-order valence-electron chi connectivity index (χ4n) is 4.30. The molecular weight excluding hydrogens is 360 g/mol. The first-order valence-electron chi connectivity index (χ1n) is 9.80. The number of nitrogens with zero attached hydrogens (tertiary/aromatic N) is 3. The summed E-state index contributed by atoms with van der Waals surface area (Å²) in [6.07, 6.45) is 4.09. The number of nitrogens with one attached hydrogen (secondary N) is 1. The topological polar surface area (TPSA) is 95.5 Å². The summed E-state index contributed by atoms with van der Waals surface area (Å²) in [5, 5.41) is 0.338. The lowest BCUT2D eigenvalue weighted by Crippen LogP contribution is -2.55. The Morgan fingerprint density at radius 3 is 2.32 bits per heavy atom. The molecule has 1 N–H and O–H groups in total. The van der Waals surface area contributed by atoms with Crippen LogP contribution in [0.15, 0.2) is 27.8 Å². The van der Waals surface area contributed by atoms with Gasteiger partial charge in [-0.2, -0.15) is 4.57 Å². The number of fused-ring (bicyclic) bond motifs is 1. The molecule has 0 atom stereocenters. The number of benzene rings is 1. The molecule has 0 spiro atoms. The molecule has 1 saturated heterocycles. The molecule has 2 aromatic rings.